The van der Waals surface area contributed by atoms with Crippen molar-refractivity contribution < 1.29 is 9.13 Å². The lowest BCUT2D eigenvalue weighted by molar-refractivity contribution is 0.0531. The van der Waals surface area contributed by atoms with Crippen LogP contribution in [0.2, 0.25) is 0 Å². The van der Waals surface area contributed by atoms with Gasteiger partial charge in [0.05, 0.1) is 12.7 Å². The van der Waals surface area contributed by atoms with Crippen LogP contribution in [0.5, 0.6) is 0 Å². The second kappa shape index (κ2) is 6.35. The van der Waals surface area contributed by atoms with Crippen molar-refractivity contribution in [3.05, 3.63) is 29.6 Å². The number of hydrogen-bond donors (Lipinski definition) is 1. The van der Waals surface area contributed by atoms with Gasteiger partial charge in [-0.3, -0.25) is 0 Å². The number of nitrogens with zero attached hydrogens (tertiary/aromatic N) is 1. The highest BCUT2D eigenvalue weighted by Gasteiger charge is 2.23. The quantitative estimate of drug-likeness (QED) is 0.907. The Morgan fingerprint density at radius 3 is 3.00 bits per heavy atom. The molecule has 1 aromatic rings. The van der Waals surface area contributed by atoms with Crippen LogP contribution in [-0.2, 0) is 4.74 Å². The molecule has 1 fully saturated rings. The van der Waals surface area contributed by atoms with Crippen molar-refractivity contribution >= 4 is 5.69 Å². The van der Waals surface area contributed by atoms with Gasteiger partial charge in [-0.15, -0.1) is 0 Å². The van der Waals surface area contributed by atoms with Crippen LogP contribution in [0.25, 0.3) is 0 Å². The van der Waals surface area contributed by atoms with Crippen LogP contribution in [-0.4, -0.2) is 32.3 Å². The van der Waals surface area contributed by atoms with E-state index in [1.165, 1.54) is 6.07 Å². The van der Waals surface area contributed by atoms with Crippen molar-refractivity contribution in [3.63, 3.8) is 0 Å². The first kappa shape index (κ1) is 14.3. The number of ether oxygens (including phenoxy) is 1. The zero-order chi connectivity index (χ0) is 13.8. The second-order valence-corrected chi connectivity index (χ2v) is 5.08. The summed E-state index contributed by atoms with van der Waals surface area (Å²) in [5.41, 5.74) is 1.75. The number of nitrogens with one attached hydrogen (secondary N) is 1. The van der Waals surface area contributed by atoms with E-state index in [2.05, 4.69) is 17.1 Å². The van der Waals surface area contributed by atoms with Gasteiger partial charge in [-0.05, 0) is 32.5 Å². The first-order valence-corrected chi connectivity index (χ1v) is 7.01. The summed E-state index contributed by atoms with van der Waals surface area (Å²) in [6, 6.07) is 5.34. The highest BCUT2D eigenvalue weighted by atomic mass is 19.1. The Morgan fingerprint density at radius 1 is 1.53 bits per heavy atom. The second-order valence-electron chi connectivity index (χ2n) is 5.08. The van der Waals surface area contributed by atoms with Crippen molar-refractivity contribution in [1.82, 2.24) is 5.32 Å². The van der Waals surface area contributed by atoms with Crippen molar-refractivity contribution in [2.45, 2.75) is 32.9 Å². The van der Waals surface area contributed by atoms with E-state index in [1.807, 2.05) is 19.9 Å². The minimum Gasteiger partial charge on any atom is -0.375 e. The molecule has 2 unspecified atom stereocenters. The molecule has 2 atom stereocenters. The van der Waals surface area contributed by atoms with Crippen molar-refractivity contribution in [2.24, 2.45) is 0 Å². The molecule has 0 saturated carbocycles. The van der Waals surface area contributed by atoms with Gasteiger partial charge < -0.3 is 15.0 Å². The van der Waals surface area contributed by atoms with Gasteiger partial charge >= 0.3 is 0 Å². The van der Waals surface area contributed by atoms with Gasteiger partial charge in [-0.1, -0.05) is 13.0 Å². The highest BCUT2D eigenvalue weighted by Crippen LogP contribution is 2.30. The predicted molar refractivity (Wildman–Crippen MR) is 76.1 cm³/mol. The topological polar surface area (TPSA) is 24.5 Å². The maximum atomic E-state index is 14.2. The SMILES string of the molecule is CCNC(C)c1c(F)cccc1N1CCOC(C)C1. The molecule has 1 heterocycles. The maximum Gasteiger partial charge on any atom is 0.130 e. The fourth-order valence-corrected chi connectivity index (χ4v) is 2.68. The molecule has 1 aliphatic heterocycles. The smallest absolute Gasteiger partial charge is 0.130 e. The Labute approximate surface area is 114 Å². The first-order chi connectivity index (χ1) is 9.13. The Balaban J connectivity index is 2.31. The molecule has 0 radical (unpaired) electrons. The fraction of sp³-hybridized carbons (Fsp3) is 0.600. The number of halogens is 1. The highest BCUT2D eigenvalue weighted by molar-refractivity contribution is 5.56. The van der Waals surface area contributed by atoms with Crippen LogP contribution in [0, 0.1) is 5.82 Å². The lowest BCUT2D eigenvalue weighted by atomic mass is 10.0. The average molecular weight is 266 g/mol. The van der Waals surface area contributed by atoms with E-state index in [1.54, 1.807) is 6.07 Å². The molecule has 19 heavy (non-hydrogen) atoms. The van der Waals surface area contributed by atoms with Crippen molar-refractivity contribution in [3.8, 4) is 0 Å². The summed E-state index contributed by atoms with van der Waals surface area (Å²) in [6.07, 6.45) is 0.194. The number of hydrogen-bond acceptors (Lipinski definition) is 3. The maximum absolute atomic E-state index is 14.2. The van der Waals surface area contributed by atoms with Gasteiger partial charge in [0, 0.05) is 30.4 Å². The monoisotopic (exact) mass is 266 g/mol. The van der Waals surface area contributed by atoms with E-state index in [0.29, 0.717) is 6.61 Å². The molecule has 0 spiro atoms. The molecule has 3 nitrogen and oxygen atoms in total. The summed E-state index contributed by atoms with van der Waals surface area (Å²) in [5.74, 6) is -0.134. The molecule has 2 rings (SSSR count). The normalized spacial score (nSPS) is 21.5. The van der Waals surface area contributed by atoms with Crippen molar-refractivity contribution in [1.29, 1.82) is 0 Å². The molecule has 106 valence electrons. The van der Waals surface area contributed by atoms with Gasteiger partial charge in [-0.2, -0.15) is 0 Å². The average Bonchev–Trinajstić information content (AvgIpc) is 2.38. The van der Waals surface area contributed by atoms with Crippen LogP contribution in [0.3, 0.4) is 0 Å². The summed E-state index contributed by atoms with van der Waals surface area (Å²) in [5, 5.41) is 3.30. The summed E-state index contributed by atoms with van der Waals surface area (Å²) in [6.45, 7) is 9.26. The van der Waals surface area contributed by atoms with Crippen LogP contribution in [0.1, 0.15) is 32.4 Å². The van der Waals surface area contributed by atoms with Crippen LogP contribution in [0.4, 0.5) is 10.1 Å². The molecule has 0 aromatic heterocycles. The number of benzene rings is 1. The van der Waals surface area contributed by atoms with Crippen LogP contribution in [0.15, 0.2) is 18.2 Å². The zero-order valence-electron chi connectivity index (χ0n) is 11.9. The number of morpholine rings is 1. The van der Waals surface area contributed by atoms with Gasteiger partial charge in [0.15, 0.2) is 0 Å². The lowest BCUT2D eigenvalue weighted by Crippen LogP contribution is -2.42. The molecule has 0 aliphatic carbocycles. The largest absolute Gasteiger partial charge is 0.375 e. The Bertz CT molecular complexity index is 425. The summed E-state index contributed by atoms with van der Waals surface area (Å²) in [4.78, 5) is 2.22. The molecule has 0 amide bonds. The van der Waals surface area contributed by atoms with Crippen LogP contribution >= 0.6 is 0 Å². The molecular formula is C15H23FN2O. The fourth-order valence-electron chi connectivity index (χ4n) is 2.68. The molecule has 1 saturated heterocycles. The molecule has 1 aliphatic rings. The van der Waals surface area contributed by atoms with E-state index in [0.717, 1.165) is 30.9 Å². The van der Waals surface area contributed by atoms with Gasteiger partial charge in [0.2, 0.25) is 0 Å². The minimum atomic E-state index is -0.134. The Kier molecular flexibility index (Phi) is 4.77. The minimum absolute atomic E-state index is 0.0133. The third-order valence-corrected chi connectivity index (χ3v) is 3.55. The Morgan fingerprint density at radius 2 is 2.32 bits per heavy atom. The van der Waals surface area contributed by atoms with E-state index in [4.69, 9.17) is 4.74 Å². The van der Waals surface area contributed by atoms with Gasteiger partial charge in [-0.25, -0.2) is 4.39 Å². The van der Waals surface area contributed by atoms with E-state index >= 15 is 0 Å². The van der Waals surface area contributed by atoms with E-state index < -0.39 is 0 Å². The van der Waals surface area contributed by atoms with Crippen molar-refractivity contribution in [2.75, 3.05) is 31.1 Å². The van der Waals surface area contributed by atoms with E-state index in [-0.39, 0.29) is 18.0 Å². The predicted octanol–water partition coefficient (Wildman–Crippen LogP) is 2.72. The molecule has 4 heteroatoms. The summed E-state index contributed by atoms with van der Waals surface area (Å²) >= 11 is 0. The van der Waals surface area contributed by atoms with Gasteiger partial charge in [0.25, 0.3) is 0 Å². The number of anilines is 1. The summed E-state index contributed by atoms with van der Waals surface area (Å²) < 4.78 is 19.7. The number of rotatable bonds is 4. The van der Waals surface area contributed by atoms with Gasteiger partial charge in [0.1, 0.15) is 5.82 Å². The summed E-state index contributed by atoms with van der Waals surface area (Å²) in [7, 11) is 0. The van der Waals surface area contributed by atoms with E-state index in [9.17, 15) is 4.39 Å². The third-order valence-electron chi connectivity index (χ3n) is 3.55. The van der Waals surface area contributed by atoms with Crippen LogP contribution < -0.4 is 10.2 Å². The zero-order valence-corrected chi connectivity index (χ0v) is 11.9. The molecular weight excluding hydrogens is 243 g/mol. The Hall–Kier alpha value is -1.13. The molecule has 0 bridgehead atoms. The molecule has 1 aromatic carbocycles. The first-order valence-electron chi connectivity index (χ1n) is 7.01. The standard InChI is InChI=1S/C15H23FN2O/c1-4-17-12(3)15-13(16)6-5-7-14(15)18-8-9-19-11(2)10-18/h5-7,11-12,17H,4,8-10H2,1-3H3. The molecule has 1 N–H and O–H groups in total. The lowest BCUT2D eigenvalue weighted by Gasteiger charge is -2.35. The third kappa shape index (κ3) is 3.25.